The zero-order chi connectivity index (χ0) is 17.9. The molecule has 0 radical (unpaired) electrons. The summed E-state index contributed by atoms with van der Waals surface area (Å²) in [5.74, 6) is 1.32. The number of ether oxygens (including phenoxy) is 1. The van der Waals surface area contributed by atoms with Crippen molar-refractivity contribution >= 4 is 39.5 Å². The number of halogens is 1. The number of esters is 1. The van der Waals surface area contributed by atoms with Crippen LogP contribution in [0.5, 0.6) is 0 Å². The SMILES string of the molecule is CCOC(=O)c1[nH]c2ccccc2c1CCN1C2C(CI)CC3C=CC321. The number of likely N-dealkylation sites (tertiary alicyclic amines) is 1. The lowest BCUT2D eigenvalue weighted by Gasteiger charge is -2.29. The summed E-state index contributed by atoms with van der Waals surface area (Å²) < 4.78 is 6.52. The minimum Gasteiger partial charge on any atom is -0.461 e. The Morgan fingerprint density at radius 1 is 1.42 bits per heavy atom. The van der Waals surface area contributed by atoms with E-state index < -0.39 is 0 Å². The molecule has 5 heteroatoms. The van der Waals surface area contributed by atoms with Crippen LogP contribution in [0.15, 0.2) is 36.4 Å². The van der Waals surface area contributed by atoms with Gasteiger partial charge in [0.2, 0.25) is 0 Å². The first-order chi connectivity index (χ1) is 12.7. The molecule has 2 aliphatic carbocycles. The number of nitrogens with zero attached hydrogens (tertiary/aromatic N) is 1. The molecule has 0 bridgehead atoms. The van der Waals surface area contributed by atoms with E-state index in [-0.39, 0.29) is 5.97 Å². The topological polar surface area (TPSA) is 45.1 Å². The van der Waals surface area contributed by atoms with Gasteiger partial charge in [0.15, 0.2) is 0 Å². The molecule has 0 amide bonds. The van der Waals surface area contributed by atoms with Gasteiger partial charge in [0.1, 0.15) is 5.69 Å². The highest BCUT2D eigenvalue weighted by Crippen LogP contribution is 2.65. The summed E-state index contributed by atoms with van der Waals surface area (Å²) in [6.07, 6.45) is 7.05. The average Bonchev–Trinajstić information content (AvgIpc) is 3.09. The van der Waals surface area contributed by atoms with E-state index in [1.165, 1.54) is 10.8 Å². The van der Waals surface area contributed by atoms with Gasteiger partial charge in [0.25, 0.3) is 0 Å². The molecule has 5 rings (SSSR count). The molecular weight excluding hydrogens is 439 g/mol. The fourth-order valence-corrected chi connectivity index (χ4v) is 6.20. The number of alkyl halides is 1. The highest BCUT2D eigenvalue weighted by molar-refractivity contribution is 14.1. The minimum atomic E-state index is -0.241. The van der Waals surface area contributed by atoms with E-state index in [9.17, 15) is 4.79 Å². The fraction of sp³-hybridized carbons (Fsp3) is 0.476. The zero-order valence-electron chi connectivity index (χ0n) is 14.9. The van der Waals surface area contributed by atoms with E-state index in [1.807, 2.05) is 25.1 Å². The maximum absolute atomic E-state index is 12.4. The Kier molecular flexibility index (Phi) is 3.94. The van der Waals surface area contributed by atoms with Crippen LogP contribution in [0, 0.1) is 11.8 Å². The number of nitrogens with one attached hydrogen (secondary N) is 1. The Hall–Kier alpha value is -1.34. The van der Waals surface area contributed by atoms with Crippen molar-refractivity contribution in [2.24, 2.45) is 11.8 Å². The van der Waals surface area contributed by atoms with Gasteiger partial charge in [-0.1, -0.05) is 52.9 Å². The van der Waals surface area contributed by atoms with Crippen LogP contribution in [0.25, 0.3) is 10.9 Å². The molecule has 4 nitrogen and oxygen atoms in total. The van der Waals surface area contributed by atoms with Crippen LogP contribution < -0.4 is 0 Å². The van der Waals surface area contributed by atoms with Crippen LogP contribution >= 0.6 is 22.6 Å². The van der Waals surface area contributed by atoms with Gasteiger partial charge in [0, 0.05) is 33.8 Å². The number of aromatic amines is 1. The van der Waals surface area contributed by atoms with Crippen molar-refractivity contribution in [3.63, 3.8) is 0 Å². The van der Waals surface area contributed by atoms with Crippen LogP contribution in [0.1, 0.15) is 29.4 Å². The highest BCUT2D eigenvalue weighted by atomic mass is 127. The normalized spacial score (nSPS) is 33.6. The molecule has 3 aliphatic rings. The Morgan fingerprint density at radius 2 is 2.27 bits per heavy atom. The van der Waals surface area contributed by atoms with Crippen molar-refractivity contribution in [1.29, 1.82) is 0 Å². The molecule has 1 aromatic heterocycles. The summed E-state index contributed by atoms with van der Waals surface area (Å²) in [7, 11) is 0. The quantitative estimate of drug-likeness (QED) is 0.233. The molecule has 2 aromatic rings. The van der Waals surface area contributed by atoms with Crippen LogP contribution in [0.2, 0.25) is 0 Å². The molecule has 1 N–H and O–H groups in total. The van der Waals surface area contributed by atoms with Gasteiger partial charge >= 0.3 is 5.97 Å². The monoisotopic (exact) mass is 462 g/mol. The number of rotatable bonds is 6. The summed E-state index contributed by atoms with van der Waals surface area (Å²) in [6, 6.07) is 8.88. The van der Waals surface area contributed by atoms with E-state index in [4.69, 9.17) is 4.74 Å². The molecule has 2 fully saturated rings. The second kappa shape index (κ2) is 6.09. The molecule has 2 heterocycles. The summed E-state index contributed by atoms with van der Waals surface area (Å²) in [5, 5.41) is 1.14. The van der Waals surface area contributed by atoms with Crippen LogP contribution in [0.4, 0.5) is 0 Å². The second-order valence-electron chi connectivity index (χ2n) is 7.64. The molecular formula is C21H23IN2O2. The van der Waals surface area contributed by atoms with Crippen molar-refractivity contribution < 1.29 is 9.53 Å². The first-order valence-electron chi connectivity index (χ1n) is 9.49. The van der Waals surface area contributed by atoms with E-state index in [0.29, 0.717) is 23.9 Å². The first-order valence-corrected chi connectivity index (χ1v) is 11.0. The molecule has 1 saturated heterocycles. The minimum absolute atomic E-state index is 0.241. The molecule has 1 aromatic carbocycles. The lowest BCUT2D eigenvalue weighted by atomic mass is 9.83. The summed E-state index contributed by atoms with van der Waals surface area (Å²) in [4.78, 5) is 18.4. The van der Waals surface area contributed by atoms with E-state index >= 15 is 0 Å². The van der Waals surface area contributed by atoms with Gasteiger partial charge in [-0.15, -0.1) is 0 Å². The molecule has 5 atom stereocenters. The lowest BCUT2D eigenvalue weighted by Crippen LogP contribution is -2.32. The van der Waals surface area contributed by atoms with Gasteiger partial charge in [-0.3, -0.25) is 4.90 Å². The maximum atomic E-state index is 12.4. The number of carbonyl (C=O) groups is 1. The third-order valence-electron chi connectivity index (χ3n) is 6.53. The van der Waals surface area contributed by atoms with Crippen molar-refractivity contribution in [2.75, 3.05) is 17.6 Å². The lowest BCUT2D eigenvalue weighted by molar-refractivity contribution is 0.0519. The smallest absolute Gasteiger partial charge is 0.355 e. The van der Waals surface area contributed by atoms with Gasteiger partial charge in [0.05, 0.1) is 12.1 Å². The van der Waals surface area contributed by atoms with Crippen LogP contribution in [-0.4, -0.2) is 45.0 Å². The third-order valence-corrected chi connectivity index (χ3v) is 7.66. The predicted molar refractivity (Wildman–Crippen MR) is 111 cm³/mol. The third kappa shape index (κ3) is 2.19. The Morgan fingerprint density at radius 3 is 3.00 bits per heavy atom. The number of benzene rings is 1. The van der Waals surface area contributed by atoms with Crippen molar-refractivity contribution in [2.45, 2.75) is 31.3 Å². The average molecular weight is 462 g/mol. The highest BCUT2D eigenvalue weighted by Gasteiger charge is 2.73. The molecule has 1 aliphatic heterocycles. The molecule has 5 unspecified atom stereocenters. The summed E-state index contributed by atoms with van der Waals surface area (Å²) in [5.41, 5.74) is 3.10. The standard InChI is InChI=1S/C21H23IN2O2/c1-2-26-20(25)18-16(15-5-3-4-6-17(15)23-18)8-10-24-19-13(12-22)11-14-7-9-21(14,19)24/h3-7,9,13-14,19,23H,2,8,10-12H2,1H3. The largest absolute Gasteiger partial charge is 0.461 e. The van der Waals surface area contributed by atoms with E-state index in [0.717, 1.165) is 41.3 Å². The van der Waals surface area contributed by atoms with Gasteiger partial charge in [-0.25, -0.2) is 4.79 Å². The number of para-hydroxylation sites is 1. The molecule has 26 heavy (non-hydrogen) atoms. The number of hydrogen-bond acceptors (Lipinski definition) is 3. The van der Waals surface area contributed by atoms with E-state index in [2.05, 4.69) is 50.7 Å². The van der Waals surface area contributed by atoms with Crippen LogP contribution in [0.3, 0.4) is 0 Å². The van der Waals surface area contributed by atoms with Gasteiger partial charge in [-0.05, 0) is 37.3 Å². The number of aromatic nitrogens is 1. The number of H-pyrrole nitrogens is 1. The van der Waals surface area contributed by atoms with Gasteiger partial charge in [-0.2, -0.15) is 0 Å². The van der Waals surface area contributed by atoms with Crippen molar-refractivity contribution in [1.82, 2.24) is 9.88 Å². The molecule has 1 spiro atoms. The van der Waals surface area contributed by atoms with Crippen molar-refractivity contribution in [3.05, 3.63) is 47.7 Å². The summed E-state index contributed by atoms with van der Waals surface area (Å²) >= 11 is 2.54. The maximum Gasteiger partial charge on any atom is 0.355 e. The Bertz CT molecular complexity index is 905. The number of fused-ring (bicyclic) bond motifs is 1. The second-order valence-corrected chi connectivity index (χ2v) is 8.52. The molecule has 1 saturated carbocycles. The Balaban J connectivity index is 1.41. The van der Waals surface area contributed by atoms with Crippen molar-refractivity contribution in [3.8, 4) is 0 Å². The number of hydrogen-bond donors (Lipinski definition) is 1. The molecule has 136 valence electrons. The predicted octanol–water partition coefficient (Wildman–Crippen LogP) is 3.95. The Labute approximate surface area is 167 Å². The zero-order valence-corrected chi connectivity index (χ0v) is 17.0. The summed E-state index contributed by atoms with van der Waals surface area (Å²) in [6.45, 7) is 3.26. The number of piperidine rings is 1. The first kappa shape index (κ1) is 16.8. The number of carbonyl (C=O) groups excluding carboxylic acids is 1. The van der Waals surface area contributed by atoms with Gasteiger partial charge < -0.3 is 9.72 Å². The van der Waals surface area contributed by atoms with Crippen LogP contribution in [-0.2, 0) is 11.2 Å². The fourth-order valence-electron chi connectivity index (χ4n) is 5.36. The van der Waals surface area contributed by atoms with E-state index in [1.54, 1.807) is 0 Å².